The summed E-state index contributed by atoms with van der Waals surface area (Å²) in [5.74, 6) is -1.39. The van der Waals surface area contributed by atoms with Crippen LogP contribution in [0.5, 0.6) is 0 Å². The fourth-order valence-electron chi connectivity index (χ4n) is 2.46. The predicted octanol–water partition coefficient (Wildman–Crippen LogP) is 4.22. The van der Waals surface area contributed by atoms with Gasteiger partial charge in [-0.2, -0.15) is 0 Å². The third-order valence-corrected chi connectivity index (χ3v) is 4.83. The number of ether oxygens (including phenoxy) is 1. The second kappa shape index (κ2) is 9.97. The fourth-order valence-corrected chi connectivity index (χ4v) is 3.20. The zero-order valence-electron chi connectivity index (χ0n) is 14.9. The Kier molecular flexibility index (Phi) is 7.66. The Morgan fingerprint density at radius 2 is 1.69 bits per heavy atom. The molecule has 1 amide bonds. The van der Waals surface area contributed by atoms with E-state index in [-0.39, 0.29) is 24.1 Å². The van der Waals surface area contributed by atoms with Gasteiger partial charge in [0, 0.05) is 10.6 Å². The topological polar surface area (TPSA) is 55.4 Å². The molecule has 0 saturated carbocycles. The van der Waals surface area contributed by atoms with E-state index in [9.17, 15) is 14.0 Å². The van der Waals surface area contributed by atoms with Crippen LogP contribution in [0, 0.1) is 5.82 Å². The molecule has 0 fully saturated rings. The number of hydrogen-bond acceptors (Lipinski definition) is 4. The number of thioether (sulfide) groups is 1. The highest BCUT2D eigenvalue weighted by Gasteiger charge is 2.13. The van der Waals surface area contributed by atoms with Crippen molar-refractivity contribution < 1.29 is 18.7 Å². The molecule has 2 aromatic rings. The van der Waals surface area contributed by atoms with Gasteiger partial charge in [-0.05, 0) is 36.1 Å². The Labute approximate surface area is 157 Å². The van der Waals surface area contributed by atoms with Crippen LogP contribution in [0.25, 0.3) is 0 Å². The van der Waals surface area contributed by atoms with E-state index < -0.39 is 5.97 Å². The molecule has 0 aliphatic carbocycles. The average Bonchev–Trinajstić information content (AvgIpc) is 2.65. The minimum atomic E-state index is -0.562. The number of nitrogens with one attached hydrogen (secondary N) is 1. The molecule has 0 radical (unpaired) electrons. The summed E-state index contributed by atoms with van der Waals surface area (Å²) in [5, 5.41) is 2.84. The van der Waals surface area contributed by atoms with Crippen molar-refractivity contribution in [1.29, 1.82) is 0 Å². The number of rotatable bonds is 8. The summed E-state index contributed by atoms with van der Waals surface area (Å²) in [4.78, 5) is 24.3. The maximum Gasteiger partial charge on any atom is 0.316 e. The summed E-state index contributed by atoms with van der Waals surface area (Å²) in [6, 6.07) is 12.1. The first-order valence-corrected chi connectivity index (χ1v) is 9.47. The fraction of sp³-hybridized carbons (Fsp3) is 0.300. The number of carbonyl (C=O) groups excluding carboxylic acids is 2. The lowest BCUT2D eigenvalue weighted by Crippen LogP contribution is -2.23. The van der Waals surface area contributed by atoms with Gasteiger partial charge in [0.15, 0.2) is 6.61 Å². The van der Waals surface area contributed by atoms with Crippen LogP contribution in [-0.4, -0.2) is 24.2 Å². The molecule has 0 atom stereocenters. The quantitative estimate of drug-likeness (QED) is 0.554. The normalized spacial score (nSPS) is 10.4. The van der Waals surface area contributed by atoms with Gasteiger partial charge in [0.1, 0.15) is 5.82 Å². The Balaban J connectivity index is 1.85. The molecule has 2 aromatic carbocycles. The molecule has 0 aromatic heterocycles. The summed E-state index contributed by atoms with van der Waals surface area (Å²) in [5.41, 5.74) is 2.87. The van der Waals surface area contributed by atoms with Gasteiger partial charge in [0.05, 0.1) is 5.75 Å². The third kappa shape index (κ3) is 5.59. The van der Waals surface area contributed by atoms with Gasteiger partial charge >= 0.3 is 5.97 Å². The van der Waals surface area contributed by atoms with Crippen LogP contribution in [0.2, 0.25) is 0 Å². The van der Waals surface area contributed by atoms with Crippen molar-refractivity contribution in [3.05, 3.63) is 59.4 Å². The first-order valence-electron chi connectivity index (χ1n) is 8.48. The minimum Gasteiger partial charge on any atom is -0.455 e. The number of anilines is 1. The van der Waals surface area contributed by atoms with Gasteiger partial charge in [0.25, 0.3) is 5.91 Å². The van der Waals surface area contributed by atoms with Crippen molar-refractivity contribution in [3.63, 3.8) is 0 Å². The van der Waals surface area contributed by atoms with E-state index in [0.29, 0.717) is 4.90 Å². The molecule has 138 valence electrons. The van der Waals surface area contributed by atoms with Gasteiger partial charge in [-0.3, -0.25) is 9.59 Å². The molecule has 0 spiro atoms. The van der Waals surface area contributed by atoms with E-state index in [1.807, 2.05) is 32.0 Å². The van der Waals surface area contributed by atoms with Crippen LogP contribution < -0.4 is 5.32 Å². The smallest absolute Gasteiger partial charge is 0.316 e. The summed E-state index contributed by atoms with van der Waals surface area (Å²) >= 11 is 1.04. The van der Waals surface area contributed by atoms with Crippen LogP contribution in [0.15, 0.2) is 47.4 Å². The number of aryl methyl sites for hydroxylation is 2. The van der Waals surface area contributed by atoms with E-state index in [1.165, 1.54) is 6.07 Å². The average molecular weight is 375 g/mol. The molecule has 0 heterocycles. The first-order chi connectivity index (χ1) is 12.5. The molecule has 2 rings (SSSR count). The van der Waals surface area contributed by atoms with E-state index >= 15 is 0 Å². The van der Waals surface area contributed by atoms with Crippen molar-refractivity contribution in [3.8, 4) is 0 Å². The van der Waals surface area contributed by atoms with E-state index in [1.54, 1.807) is 18.2 Å². The van der Waals surface area contributed by atoms with Crippen LogP contribution in [0.4, 0.5) is 10.1 Å². The van der Waals surface area contributed by atoms with Crippen molar-refractivity contribution in [1.82, 2.24) is 0 Å². The highest BCUT2D eigenvalue weighted by Crippen LogP contribution is 2.23. The summed E-state index contributed by atoms with van der Waals surface area (Å²) in [7, 11) is 0. The molecule has 0 aliphatic heterocycles. The van der Waals surface area contributed by atoms with Crippen molar-refractivity contribution >= 4 is 29.3 Å². The lowest BCUT2D eigenvalue weighted by atomic mass is 10.0. The van der Waals surface area contributed by atoms with Gasteiger partial charge in [-0.1, -0.05) is 44.2 Å². The predicted molar refractivity (Wildman–Crippen MR) is 102 cm³/mol. The highest BCUT2D eigenvalue weighted by molar-refractivity contribution is 8.00. The largest absolute Gasteiger partial charge is 0.455 e. The van der Waals surface area contributed by atoms with E-state index in [0.717, 1.165) is 41.4 Å². The molecular formula is C20H22FNO3S. The molecule has 0 unspecified atom stereocenters. The minimum absolute atomic E-state index is 0.0556. The van der Waals surface area contributed by atoms with Crippen LogP contribution in [-0.2, 0) is 27.2 Å². The maximum atomic E-state index is 13.5. The lowest BCUT2D eigenvalue weighted by Gasteiger charge is -2.14. The van der Waals surface area contributed by atoms with Gasteiger partial charge in [-0.25, -0.2) is 4.39 Å². The maximum absolute atomic E-state index is 13.5. The number of hydrogen-bond donors (Lipinski definition) is 1. The Morgan fingerprint density at radius 1 is 1.04 bits per heavy atom. The second-order valence-electron chi connectivity index (χ2n) is 5.59. The first kappa shape index (κ1) is 20.0. The molecular weight excluding hydrogens is 353 g/mol. The molecule has 4 nitrogen and oxygen atoms in total. The number of esters is 1. The molecule has 6 heteroatoms. The summed E-state index contributed by atoms with van der Waals surface area (Å²) in [6.07, 6.45) is 1.59. The van der Waals surface area contributed by atoms with Crippen LogP contribution in [0.1, 0.15) is 25.0 Å². The van der Waals surface area contributed by atoms with Gasteiger partial charge < -0.3 is 10.1 Å². The van der Waals surface area contributed by atoms with Crippen molar-refractivity contribution in [2.75, 3.05) is 17.7 Å². The Morgan fingerprint density at radius 3 is 2.31 bits per heavy atom. The van der Waals surface area contributed by atoms with Crippen molar-refractivity contribution in [2.24, 2.45) is 0 Å². The molecule has 0 saturated heterocycles. The standard InChI is InChI=1S/C20H22FNO3S/c1-3-14-8-7-9-15(4-2)20(14)22-18(23)12-25-19(24)13-26-17-11-6-5-10-16(17)21/h5-11H,3-4,12-13H2,1-2H3,(H,22,23). The van der Waals surface area contributed by atoms with Crippen molar-refractivity contribution in [2.45, 2.75) is 31.6 Å². The van der Waals surface area contributed by atoms with E-state index in [4.69, 9.17) is 4.74 Å². The molecule has 0 bridgehead atoms. The number of para-hydroxylation sites is 1. The highest BCUT2D eigenvalue weighted by atomic mass is 32.2. The third-order valence-electron chi connectivity index (χ3n) is 3.81. The second-order valence-corrected chi connectivity index (χ2v) is 6.60. The Bertz CT molecular complexity index is 757. The SMILES string of the molecule is CCc1cccc(CC)c1NC(=O)COC(=O)CSc1ccccc1F. The Hall–Kier alpha value is -2.34. The van der Waals surface area contributed by atoms with Gasteiger partial charge in [0.2, 0.25) is 0 Å². The molecule has 26 heavy (non-hydrogen) atoms. The van der Waals surface area contributed by atoms with Crippen LogP contribution >= 0.6 is 11.8 Å². The number of carbonyl (C=O) groups is 2. The molecule has 0 aliphatic rings. The zero-order chi connectivity index (χ0) is 18.9. The number of benzene rings is 2. The summed E-state index contributed by atoms with van der Waals surface area (Å²) < 4.78 is 18.5. The summed E-state index contributed by atoms with van der Waals surface area (Å²) in [6.45, 7) is 3.67. The van der Waals surface area contributed by atoms with Crippen LogP contribution in [0.3, 0.4) is 0 Å². The molecule has 1 N–H and O–H groups in total. The zero-order valence-corrected chi connectivity index (χ0v) is 15.7. The number of amides is 1. The van der Waals surface area contributed by atoms with E-state index in [2.05, 4.69) is 5.32 Å². The van der Waals surface area contributed by atoms with Gasteiger partial charge in [-0.15, -0.1) is 11.8 Å². The monoisotopic (exact) mass is 375 g/mol. The lowest BCUT2D eigenvalue weighted by molar-refractivity contribution is -0.144. The number of halogens is 1.